The highest BCUT2D eigenvalue weighted by Gasteiger charge is 2.09. The third-order valence-corrected chi connectivity index (χ3v) is 3.27. The lowest BCUT2D eigenvalue weighted by Gasteiger charge is -2.26. The molecule has 0 radical (unpaired) electrons. The van der Waals surface area contributed by atoms with E-state index >= 15 is 0 Å². The van der Waals surface area contributed by atoms with Crippen LogP contribution in [-0.2, 0) is 6.42 Å². The molecule has 0 aliphatic rings. The third-order valence-electron chi connectivity index (χ3n) is 3.27. The fraction of sp³-hybridized carbons (Fsp3) is 0.571. The van der Waals surface area contributed by atoms with E-state index in [-0.39, 0.29) is 0 Å². The molecule has 2 heteroatoms. The lowest BCUT2D eigenvalue weighted by atomic mass is 10.1. The van der Waals surface area contributed by atoms with Crippen LogP contribution < -0.4 is 5.73 Å². The molecule has 0 unspecified atom stereocenters. The van der Waals surface area contributed by atoms with E-state index in [0.717, 1.165) is 18.7 Å². The smallest absolute Gasteiger partial charge is 0.0316 e. The van der Waals surface area contributed by atoms with E-state index < -0.39 is 0 Å². The molecule has 2 N–H and O–H groups in total. The summed E-state index contributed by atoms with van der Waals surface area (Å²) in [4.78, 5) is 2.45. The van der Waals surface area contributed by atoms with Crippen LogP contribution in [0, 0.1) is 0 Å². The molecule has 1 aromatic rings. The normalized spacial score (nSPS) is 11.3. The summed E-state index contributed by atoms with van der Waals surface area (Å²) >= 11 is 0. The summed E-state index contributed by atoms with van der Waals surface area (Å²) in [6, 6.07) is 8.90. The van der Waals surface area contributed by atoms with Gasteiger partial charge in [0.1, 0.15) is 0 Å². The van der Waals surface area contributed by atoms with Crippen LogP contribution in [0.4, 0.5) is 5.69 Å². The Labute approximate surface area is 99.5 Å². The lowest BCUT2D eigenvalue weighted by molar-refractivity contribution is 0.232. The van der Waals surface area contributed by atoms with Crippen LogP contribution in [0.2, 0.25) is 0 Å². The average molecular weight is 220 g/mol. The van der Waals surface area contributed by atoms with E-state index in [1.807, 2.05) is 12.1 Å². The molecule has 0 spiro atoms. The molecular weight excluding hydrogens is 196 g/mol. The van der Waals surface area contributed by atoms with Gasteiger partial charge in [0, 0.05) is 18.3 Å². The van der Waals surface area contributed by atoms with Gasteiger partial charge >= 0.3 is 0 Å². The Kier molecular flexibility index (Phi) is 5.33. The molecular formula is C14H24N2. The number of hydrogen-bond acceptors (Lipinski definition) is 2. The van der Waals surface area contributed by atoms with Crippen LogP contribution in [0.5, 0.6) is 0 Å². The van der Waals surface area contributed by atoms with Gasteiger partial charge in [-0.2, -0.15) is 0 Å². The van der Waals surface area contributed by atoms with Gasteiger partial charge in [0.05, 0.1) is 0 Å². The zero-order chi connectivity index (χ0) is 12.0. The molecule has 0 fully saturated rings. The van der Waals surface area contributed by atoms with Crippen molar-refractivity contribution in [1.29, 1.82) is 0 Å². The topological polar surface area (TPSA) is 29.3 Å². The average Bonchev–Trinajstić information content (AvgIpc) is 2.28. The number of benzene rings is 1. The molecule has 0 aromatic heterocycles. The molecule has 90 valence electrons. The van der Waals surface area contributed by atoms with Gasteiger partial charge in [-0.25, -0.2) is 0 Å². The number of nitrogens with two attached hydrogens (primary N) is 1. The van der Waals surface area contributed by atoms with Gasteiger partial charge in [0.25, 0.3) is 0 Å². The van der Waals surface area contributed by atoms with E-state index in [1.54, 1.807) is 0 Å². The minimum atomic E-state index is 0.709. The van der Waals surface area contributed by atoms with Crippen molar-refractivity contribution in [2.75, 3.05) is 19.3 Å². The van der Waals surface area contributed by atoms with Gasteiger partial charge < -0.3 is 10.6 Å². The highest BCUT2D eigenvalue weighted by atomic mass is 15.1. The van der Waals surface area contributed by atoms with E-state index in [4.69, 9.17) is 5.73 Å². The number of rotatable bonds is 6. The Morgan fingerprint density at radius 2 is 1.94 bits per heavy atom. The summed E-state index contributed by atoms with van der Waals surface area (Å²) in [7, 11) is 2.21. The van der Waals surface area contributed by atoms with E-state index in [9.17, 15) is 0 Å². The Hall–Kier alpha value is -1.02. The van der Waals surface area contributed by atoms with Crippen LogP contribution in [0.25, 0.3) is 0 Å². The van der Waals surface area contributed by atoms with Crippen molar-refractivity contribution in [2.24, 2.45) is 0 Å². The maximum Gasteiger partial charge on any atom is 0.0316 e. The molecule has 2 nitrogen and oxygen atoms in total. The van der Waals surface area contributed by atoms with Gasteiger partial charge in [-0.05, 0) is 44.0 Å². The Balaban J connectivity index is 2.45. The number of likely N-dealkylation sites (N-methyl/N-ethyl adjacent to an activating group) is 1. The second-order valence-electron chi connectivity index (χ2n) is 4.45. The Morgan fingerprint density at radius 3 is 2.50 bits per heavy atom. The zero-order valence-corrected chi connectivity index (χ0v) is 10.7. The van der Waals surface area contributed by atoms with Crippen LogP contribution in [0.15, 0.2) is 24.3 Å². The first-order valence-corrected chi connectivity index (χ1v) is 6.22. The predicted octanol–water partition coefficient (Wildman–Crippen LogP) is 2.93. The van der Waals surface area contributed by atoms with Crippen LogP contribution in [0.1, 0.15) is 32.3 Å². The van der Waals surface area contributed by atoms with Crippen LogP contribution in [0.3, 0.4) is 0 Å². The Bertz CT molecular complexity index is 305. The number of hydrogen-bond donors (Lipinski definition) is 1. The van der Waals surface area contributed by atoms with Crippen molar-refractivity contribution in [3.05, 3.63) is 29.8 Å². The summed E-state index contributed by atoms with van der Waals surface area (Å²) in [6.45, 7) is 5.62. The number of nitrogens with zero attached hydrogens (tertiary/aromatic N) is 1. The molecule has 1 aromatic carbocycles. The van der Waals surface area contributed by atoms with Gasteiger partial charge in [-0.3, -0.25) is 0 Å². The monoisotopic (exact) mass is 220 g/mol. The van der Waals surface area contributed by atoms with Crippen molar-refractivity contribution in [3.63, 3.8) is 0 Å². The standard InChI is InChI=1S/C14H24N2/c1-4-14(5-2)16(3)10-9-12-7-6-8-13(15)11-12/h6-8,11,14H,4-5,9-10,15H2,1-3H3. The van der Waals surface area contributed by atoms with E-state index in [2.05, 4.69) is 37.9 Å². The van der Waals surface area contributed by atoms with Crippen LogP contribution in [-0.4, -0.2) is 24.5 Å². The fourth-order valence-corrected chi connectivity index (χ4v) is 2.15. The molecule has 0 bridgehead atoms. The summed E-state index contributed by atoms with van der Waals surface area (Å²) in [5.41, 5.74) is 7.96. The minimum Gasteiger partial charge on any atom is -0.399 e. The number of anilines is 1. The van der Waals surface area contributed by atoms with Gasteiger partial charge in [-0.15, -0.1) is 0 Å². The predicted molar refractivity (Wildman–Crippen MR) is 71.6 cm³/mol. The first-order chi connectivity index (χ1) is 7.67. The summed E-state index contributed by atoms with van der Waals surface area (Å²) in [5.74, 6) is 0. The molecule has 0 saturated carbocycles. The largest absolute Gasteiger partial charge is 0.399 e. The van der Waals surface area contributed by atoms with Crippen molar-refractivity contribution >= 4 is 5.69 Å². The summed E-state index contributed by atoms with van der Waals surface area (Å²) in [6.07, 6.45) is 3.53. The fourth-order valence-electron chi connectivity index (χ4n) is 2.15. The molecule has 0 heterocycles. The molecule has 16 heavy (non-hydrogen) atoms. The SMILES string of the molecule is CCC(CC)N(C)CCc1cccc(N)c1. The summed E-state index contributed by atoms with van der Waals surface area (Å²) < 4.78 is 0. The van der Waals surface area contributed by atoms with E-state index in [1.165, 1.54) is 18.4 Å². The quantitative estimate of drug-likeness (QED) is 0.747. The molecule has 0 aliphatic carbocycles. The molecule has 0 amide bonds. The van der Waals surface area contributed by atoms with Crippen LogP contribution >= 0.6 is 0 Å². The van der Waals surface area contributed by atoms with Crippen molar-refractivity contribution in [3.8, 4) is 0 Å². The second-order valence-corrected chi connectivity index (χ2v) is 4.45. The van der Waals surface area contributed by atoms with E-state index in [0.29, 0.717) is 6.04 Å². The van der Waals surface area contributed by atoms with Gasteiger partial charge in [0.2, 0.25) is 0 Å². The molecule has 1 rings (SSSR count). The van der Waals surface area contributed by atoms with Crippen molar-refractivity contribution in [2.45, 2.75) is 39.2 Å². The maximum atomic E-state index is 5.76. The van der Waals surface area contributed by atoms with Gasteiger partial charge in [-0.1, -0.05) is 26.0 Å². The van der Waals surface area contributed by atoms with Crippen molar-refractivity contribution in [1.82, 2.24) is 4.90 Å². The van der Waals surface area contributed by atoms with Crippen molar-refractivity contribution < 1.29 is 0 Å². The van der Waals surface area contributed by atoms with Gasteiger partial charge in [0.15, 0.2) is 0 Å². The molecule has 0 atom stereocenters. The third kappa shape index (κ3) is 3.86. The minimum absolute atomic E-state index is 0.709. The zero-order valence-electron chi connectivity index (χ0n) is 10.7. The maximum absolute atomic E-state index is 5.76. The first kappa shape index (κ1) is 13.0. The highest BCUT2D eigenvalue weighted by molar-refractivity contribution is 5.40. The second kappa shape index (κ2) is 6.54. The summed E-state index contributed by atoms with van der Waals surface area (Å²) in [5, 5.41) is 0. The lowest BCUT2D eigenvalue weighted by Crippen LogP contribution is -2.32. The molecule has 0 aliphatic heterocycles. The first-order valence-electron chi connectivity index (χ1n) is 6.22. The molecule has 0 saturated heterocycles. The highest BCUT2D eigenvalue weighted by Crippen LogP contribution is 2.10. The Morgan fingerprint density at radius 1 is 1.25 bits per heavy atom. The number of nitrogen functional groups attached to an aromatic ring is 1.